The van der Waals surface area contributed by atoms with Gasteiger partial charge < -0.3 is 10.8 Å². The summed E-state index contributed by atoms with van der Waals surface area (Å²) < 4.78 is 26.1. The van der Waals surface area contributed by atoms with Crippen LogP contribution in [0.3, 0.4) is 0 Å². The van der Waals surface area contributed by atoms with E-state index in [2.05, 4.69) is 4.18 Å². The van der Waals surface area contributed by atoms with Gasteiger partial charge in [-0.3, -0.25) is 4.18 Å². The van der Waals surface area contributed by atoms with Crippen LogP contribution in [0.1, 0.15) is 13.3 Å². The zero-order chi connectivity index (χ0) is 8.91. The third-order valence-corrected chi connectivity index (χ3v) is 2.68. The first kappa shape index (κ1) is 10.8. The van der Waals surface area contributed by atoms with Gasteiger partial charge in [0.1, 0.15) is 5.37 Å². The van der Waals surface area contributed by atoms with Gasteiger partial charge in [0, 0.05) is 0 Å². The standard InChI is InChI=1S/C5H13NO4S/c1-2-5(6)11(8,9)10-4-3-7/h5,7H,2-4,6H2,1H3. The van der Waals surface area contributed by atoms with Gasteiger partial charge in [0.2, 0.25) is 0 Å². The van der Waals surface area contributed by atoms with E-state index in [0.717, 1.165) is 0 Å². The molecule has 68 valence electrons. The predicted molar refractivity (Wildman–Crippen MR) is 40.2 cm³/mol. The molecule has 0 saturated carbocycles. The Hall–Kier alpha value is -0.170. The van der Waals surface area contributed by atoms with Gasteiger partial charge in [0.25, 0.3) is 10.1 Å². The molecule has 0 radical (unpaired) electrons. The molecule has 0 saturated heterocycles. The Morgan fingerprint density at radius 3 is 2.55 bits per heavy atom. The SMILES string of the molecule is CCC(N)S(=O)(=O)OCCO. The first-order chi connectivity index (χ1) is 5.04. The number of aliphatic hydroxyl groups excluding tert-OH is 1. The molecule has 5 nitrogen and oxygen atoms in total. The third-order valence-electron chi connectivity index (χ3n) is 1.11. The van der Waals surface area contributed by atoms with Crippen LogP contribution in [0.4, 0.5) is 0 Å². The monoisotopic (exact) mass is 183 g/mol. The Morgan fingerprint density at radius 2 is 2.18 bits per heavy atom. The molecule has 0 aromatic heterocycles. The summed E-state index contributed by atoms with van der Waals surface area (Å²) in [5, 5.41) is 7.26. The molecule has 0 aromatic carbocycles. The Balaban J connectivity index is 4.01. The quantitative estimate of drug-likeness (QED) is 0.535. The molecule has 6 heteroatoms. The van der Waals surface area contributed by atoms with Gasteiger partial charge in [0.05, 0.1) is 13.2 Å². The number of hydrogen-bond acceptors (Lipinski definition) is 5. The summed E-state index contributed by atoms with van der Waals surface area (Å²) in [5.74, 6) is 0. The van der Waals surface area contributed by atoms with Crippen LogP contribution in [-0.4, -0.2) is 32.1 Å². The van der Waals surface area contributed by atoms with E-state index in [1.165, 1.54) is 0 Å². The van der Waals surface area contributed by atoms with Gasteiger partial charge in [-0.05, 0) is 6.42 Å². The molecule has 0 amide bonds. The third kappa shape index (κ3) is 3.66. The molecule has 1 atom stereocenters. The van der Waals surface area contributed by atoms with Crippen LogP contribution in [0.5, 0.6) is 0 Å². The van der Waals surface area contributed by atoms with E-state index in [1.807, 2.05) is 0 Å². The normalized spacial score (nSPS) is 14.8. The molecule has 0 aromatic rings. The highest BCUT2D eigenvalue weighted by atomic mass is 32.2. The van der Waals surface area contributed by atoms with Gasteiger partial charge in [-0.25, -0.2) is 0 Å². The van der Waals surface area contributed by atoms with Gasteiger partial charge in [-0.2, -0.15) is 8.42 Å². The molecule has 0 spiro atoms. The van der Waals surface area contributed by atoms with E-state index in [-0.39, 0.29) is 13.2 Å². The minimum Gasteiger partial charge on any atom is -0.394 e. The van der Waals surface area contributed by atoms with Crippen LogP contribution in [-0.2, 0) is 14.3 Å². The molecule has 0 heterocycles. The highest BCUT2D eigenvalue weighted by molar-refractivity contribution is 7.87. The summed E-state index contributed by atoms with van der Waals surface area (Å²) in [7, 11) is -3.65. The topological polar surface area (TPSA) is 89.6 Å². The van der Waals surface area contributed by atoms with Crippen molar-refractivity contribution in [1.82, 2.24) is 0 Å². The van der Waals surface area contributed by atoms with Crippen LogP contribution in [0.2, 0.25) is 0 Å². The molecule has 1 unspecified atom stereocenters. The molecule has 0 bridgehead atoms. The molecule has 0 aliphatic rings. The summed E-state index contributed by atoms with van der Waals surface area (Å²) >= 11 is 0. The Labute approximate surface area is 66.3 Å². The average Bonchev–Trinajstić information content (AvgIpc) is 1.99. The van der Waals surface area contributed by atoms with Crippen molar-refractivity contribution in [2.45, 2.75) is 18.7 Å². The lowest BCUT2D eigenvalue weighted by molar-refractivity contribution is 0.203. The zero-order valence-electron chi connectivity index (χ0n) is 6.36. The summed E-state index contributed by atoms with van der Waals surface area (Å²) in [5.41, 5.74) is 5.20. The number of nitrogens with two attached hydrogens (primary N) is 1. The van der Waals surface area contributed by atoms with Crippen molar-refractivity contribution in [2.24, 2.45) is 5.73 Å². The van der Waals surface area contributed by atoms with E-state index in [4.69, 9.17) is 10.8 Å². The molecule has 0 rings (SSSR count). The Morgan fingerprint density at radius 1 is 1.64 bits per heavy atom. The lowest BCUT2D eigenvalue weighted by Crippen LogP contribution is -2.31. The summed E-state index contributed by atoms with van der Waals surface area (Å²) in [6.07, 6.45) is 0.299. The lowest BCUT2D eigenvalue weighted by atomic mass is 10.5. The maximum Gasteiger partial charge on any atom is 0.283 e. The van der Waals surface area contributed by atoms with Gasteiger partial charge in [-0.15, -0.1) is 0 Å². The molecule has 0 aliphatic carbocycles. The van der Waals surface area contributed by atoms with E-state index in [0.29, 0.717) is 6.42 Å². The van der Waals surface area contributed by atoms with Crippen molar-refractivity contribution in [3.05, 3.63) is 0 Å². The Kier molecular flexibility index (Phi) is 4.58. The van der Waals surface area contributed by atoms with Crippen LogP contribution >= 0.6 is 0 Å². The van der Waals surface area contributed by atoms with E-state index in [9.17, 15) is 8.42 Å². The first-order valence-corrected chi connectivity index (χ1v) is 4.76. The second-order valence-electron chi connectivity index (χ2n) is 1.99. The molecule has 0 fully saturated rings. The van der Waals surface area contributed by atoms with Crippen molar-refractivity contribution in [3.63, 3.8) is 0 Å². The van der Waals surface area contributed by atoms with Crippen LogP contribution in [0.15, 0.2) is 0 Å². The van der Waals surface area contributed by atoms with E-state index >= 15 is 0 Å². The van der Waals surface area contributed by atoms with Crippen molar-refractivity contribution in [1.29, 1.82) is 0 Å². The van der Waals surface area contributed by atoms with Crippen LogP contribution in [0, 0.1) is 0 Å². The largest absolute Gasteiger partial charge is 0.394 e. The molecule has 11 heavy (non-hydrogen) atoms. The number of aliphatic hydroxyl groups is 1. The van der Waals surface area contributed by atoms with Gasteiger partial charge >= 0.3 is 0 Å². The minimum atomic E-state index is -3.65. The predicted octanol–water partition coefficient (Wildman–Crippen LogP) is -0.980. The van der Waals surface area contributed by atoms with E-state index in [1.54, 1.807) is 6.92 Å². The molecular formula is C5H13NO4S. The molecule has 0 aliphatic heterocycles. The van der Waals surface area contributed by atoms with Crippen molar-refractivity contribution >= 4 is 10.1 Å². The average molecular weight is 183 g/mol. The Bertz CT molecular complexity index is 189. The van der Waals surface area contributed by atoms with Crippen LogP contribution < -0.4 is 5.73 Å². The molecule has 3 N–H and O–H groups in total. The second-order valence-corrected chi connectivity index (χ2v) is 3.81. The summed E-state index contributed by atoms with van der Waals surface area (Å²) in [6, 6.07) is 0. The first-order valence-electron chi connectivity index (χ1n) is 3.29. The maximum absolute atomic E-state index is 10.9. The minimum absolute atomic E-state index is 0.226. The van der Waals surface area contributed by atoms with Gasteiger partial charge in [0.15, 0.2) is 0 Å². The van der Waals surface area contributed by atoms with E-state index < -0.39 is 15.5 Å². The number of hydrogen-bond donors (Lipinski definition) is 2. The highest BCUT2D eigenvalue weighted by Crippen LogP contribution is 2.01. The maximum atomic E-state index is 10.9. The van der Waals surface area contributed by atoms with Crippen molar-refractivity contribution in [3.8, 4) is 0 Å². The van der Waals surface area contributed by atoms with Gasteiger partial charge in [-0.1, -0.05) is 6.92 Å². The zero-order valence-corrected chi connectivity index (χ0v) is 7.17. The summed E-state index contributed by atoms with van der Waals surface area (Å²) in [4.78, 5) is 0. The number of rotatable bonds is 5. The fourth-order valence-electron chi connectivity index (χ4n) is 0.445. The van der Waals surface area contributed by atoms with Crippen LogP contribution in [0.25, 0.3) is 0 Å². The van der Waals surface area contributed by atoms with Crippen molar-refractivity contribution < 1.29 is 17.7 Å². The fourth-order valence-corrected chi connectivity index (χ4v) is 1.33. The smallest absolute Gasteiger partial charge is 0.283 e. The fraction of sp³-hybridized carbons (Fsp3) is 1.00. The summed E-state index contributed by atoms with van der Waals surface area (Å²) in [6.45, 7) is 1.09. The molecular weight excluding hydrogens is 170 g/mol. The second kappa shape index (κ2) is 4.66. The highest BCUT2D eigenvalue weighted by Gasteiger charge is 2.19. The van der Waals surface area contributed by atoms with Crippen molar-refractivity contribution in [2.75, 3.05) is 13.2 Å². The lowest BCUT2D eigenvalue weighted by Gasteiger charge is -2.08.